The maximum Gasteiger partial charge on any atom is 0.242 e. The van der Waals surface area contributed by atoms with Gasteiger partial charge >= 0.3 is 0 Å². The molecule has 0 aliphatic rings. The van der Waals surface area contributed by atoms with Crippen LogP contribution in [-0.2, 0) is 23.1 Å². The molecular formula is C18H24N2O3S2. The quantitative estimate of drug-likeness (QED) is 0.714. The van der Waals surface area contributed by atoms with Crippen molar-refractivity contribution in [2.24, 2.45) is 0 Å². The van der Waals surface area contributed by atoms with Crippen LogP contribution in [0.4, 0.5) is 0 Å². The van der Waals surface area contributed by atoms with Crippen LogP contribution >= 0.6 is 11.8 Å². The van der Waals surface area contributed by atoms with Gasteiger partial charge in [0.25, 0.3) is 0 Å². The molecule has 0 saturated carbocycles. The van der Waals surface area contributed by atoms with Crippen molar-refractivity contribution in [1.29, 1.82) is 0 Å². The fourth-order valence-electron chi connectivity index (χ4n) is 2.33. The van der Waals surface area contributed by atoms with Gasteiger partial charge in [0.1, 0.15) is 5.75 Å². The van der Waals surface area contributed by atoms with Crippen LogP contribution in [0.2, 0.25) is 0 Å². The first kappa shape index (κ1) is 19.8. The second kappa shape index (κ2) is 8.71. The minimum absolute atomic E-state index is 0.304. The molecule has 0 aliphatic heterocycles. The van der Waals surface area contributed by atoms with E-state index in [1.165, 1.54) is 18.4 Å². The Balaban J connectivity index is 1.96. The number of hydrogen-bond acceptors (Lipinski definition) is 5. The van der Waals surface area contributed by atoms with E-state index in [0.29, 0.717) is 18.0 Å². The lowest BCUT2D eigenvalue weighted by molar-refractivity contribution is 0.404. The minimum Gasteiger partial charge on any atom is -0.496 e. The van der Waals surface area contributed by atoms with E-state index < -0.39 is 10.0 Å². The highest BCUT2D eigenvalue weighted by Crippen LogP contribution is 2.28. The number of hydrogen-bond donors (Lipinski definition) is 1. The molecule has 1 N–H and O–H groups in total. The molecule has 0 fully saturated rings. The lowest BCUT2D eigenvalue weighted by Crippen LogP contribution is -2.22. The van der Waals surface area contributed by atoms with Gasteiger partial charge in [0.05, 0.1) is 12.0 Å². The Morgan fingerprint density at radius 1 is 1.04 bits per heavy atom. The van der Waals surface area contributed by atoms with E-state index in [9.17, 15) is 8.42 Å². The number of rotatable bonds is 8. The average molecular weight is 381 g/mol. The van der Waals surface area contributed by atoms with Gasteiger partial charge in [0.2, 0.25) is 10.0 Å². The van der Waals surface area contributed by atoms with Gasteiger partial charge in [-0.1, -0.05) is 18.2 Å². The standard InChI is InChI=1S/C18H24N2O3S2/c1-20(2)25(21,22)16-8-5-14(6-9-16)12-19-13-15-7-10-18(24-4)17(11-15)23-3/h5-11,19H,12-13H2,1-4H3. The zero-order valence-corrected chi connectivity index (χ0v) is 16.6. The van der Waals surface area contributed by atoms with E-state index in [-0.39, 0.29) is 0 Å². The zero-order valence-electron chi connectivity index (χ0n) is 14.9. The van der Waals surface area contributed by atoms with Crippen LogP contribution in [0.15, 0.2) is 52.3 Å². The summed E-state index contributed by atoms with van der Waals surface area (Å²) in [7, 11) is 1.36. The van der Waals surface area contributed by atoms with Gasteiger partial charge in [-0.05, 0) is 41.6 Å². The Hall–Kier alpha value is -1.54. The number of sulfonamides is 1. The highest BCUT2D eigenvalue weighted by molar-refractivity contribution is 7.98. The van der Waals surface area contributed by atoms with E-state index in [1.807, 2.05) is 24.5 Å². The van der Waals surface area contributed by atoms with Crippen LogP contribution in [-0.4, -0.2) is 40.2 Å². The molecule has 2 rings (SSSR count). The molecule has 2 aromatic carbocycles. The summed E-state index contributed by atoms with van der Waals surface area (Å²) in [5.74, 6) is 0.880. The summed E-state index contributed by atoms with van der Waals surface area (Å²) in [6, 6.07) is 13.1. The molecule has 0 bridgehead atoms. The van der Waals surface area contributed by atoms with Gasteiger partial charge in [-0.2, -0.15) is 0 Å². The molecule has 2 aromatic rings. The Kier molecular flexibility index (Phi) is 6.89. The molecule has 0 amide bonds. The fraction of sp³-hybridized carbons (Fsp3) is 0.333. The third-order valence-corrected chi connectivity index (χ3v) is 6.41. The normalized spacial score (nSPS) is 11.7. The number of nitrogens with one attached hydrogen (secondary N) is 1. The summed E-state index contributed by atoms with van der Waals surface area (Å²) in [5, 5.41) is 3.37. The highest BCUT2D eigenvalue weighted by atomic mass is 32.2. The number of methoxy groups -OCH3 is 1. The van der Waals surface area contributed by atoms with E-state index in [0.717, 1.165) is 21.8 Å². The predicted octanol–water partition coefficient (Wildman–Crippen LogP) is 2.96. The van der Waals surface area contributed by atoms with Crippen molar-refractivity contribution in [2.45, 2.75) is 22.9 Å². The van der Waals surface area contributed by atoms with Crippen molar-refractivity contribution >= 4 is 21.8 Å². The summed E-state index contributed by atoms with van der Waals surface area (Å²) in [5.41, 5.74) is 2.17. The van der Waals surface area contributed by atoms with Crippen LogP contribution < -0.4 is 10.1 Å². The molecular weight excluding hydrogens is 356 g/mol. The minimum atomic E-state index is -3.37. The summed E-state index contributed by atoms with van der Waals surface area (Å²) in [4.78, 5) is 1.42. The number of ether oxygens (including phenoxy) is 1. The van der Waals surface area contributed by atoms with E-state index in [2.05, 4.69) is 17.4 Å². The summed E-state index contributed by atoms with van der Waals surface area (Å²) < 4.78 is 30.7. The van der Waals surface area contributed by atoms with E-state index in [4.69, 9.17) is 4.74 Å². The van der Waals surface area contributed by atoms with Crippen molar-refractivity contribution in [2.75, 3.05) is 27.5 Å². The van der Waals surface area contributed by atoms with Crippen LogP contribution in [0, 0.1) is 0 Å². The molecule has 0 atom stereocenters. The van der Waals surface area contributed by atoms with E-state index >= 15 is 0 Å². The molecule has 0 spiro atoms. The third-order valence-electron chi connectivity index (χ3n) is 3.81. The topological polar surface area (TPSA) is 58.6 Å². The summed E-state index contributed by atoms with van der Waals surface area (Å²) >= 11 is 1.66. The largest absolute Gasteiger partial charge is 0.496 e. The highest BCUT2D eigenvalue weighted by Gasteiger charge is 2.16. The molecule has 0 saturated heterocycles. The Labute approximate surface area is 154 Å². The van der Waals surface area contributed by atoms with Gasteiger partial charge in [0, 0.05) is 32.1 Å². The molecule has 0 unspecified atom stereocenters. The average Bonchev–Trinajstić information content (AvgIpc) is 2.61. The van der Waals surface area contributed by atoms with Crippen LogP contribution in [0.5, 0.6) is 5.75 Å². The van der Waals surface area contributed by atoms with Crippen molar-refractivity contribution in [3.8, 4) is 5.75 Å². The van der Waals surface area contributed by atoms with Gasteiger partial charge in [-0.25, -0.2) is 12.7 Å². The first-order chi connectivity index (χ1) is 11.9. The maximum absolute atomic E-state index is 12.1. The van der Waals surface area contributed by atoms with Gasteiger partial charge in [0.15, 0.2) is 0 Å². The zero-order chi connectivity index (χ0) is 18.4. The summed E-state index contributed by atoms with van der Waals surface area (Å²) in [6.07, 6.45) is 2.02. The lowest BCUT2D eigenvalue weighted by atomic mass is 10.2. The molecule has 0 heterocycles. The molecule has 7 heteroatoms. The van der Waals surface area contributed by atoms with Crippen LogP contribution in [0.25, 0.3) is 0 Å². The van der Waals surface area contributed by atoms with Gasteiger partial charge in [-0.15, -0.1) is 11.8 Å². The third kappa shape index (κ3) is 4.98. The second-order valence-corrected chi connectivity index (χ2v) is 8.72. The molecule has 5 nitrogen and oxygen atoms in total. The first-order valence-corrected chi connectivity index (χ1v) is 10.5. The molecule has 0 aliphatic carbocycles. The molecule has 0 radical (unpaired) electrons. The maximum atomic E-state index is 12.1. The smallest absolute Gasteiger partial charge is 0.242 e. The first-order valence-electron chi connectivity index (χ1n) is 7.81. The van der Waals surface area contributed by atoms with Gasteiger partial charge in [-0.3, -0.25) is 0 Å². The van der Waals surface area contributed by atoms with Crippen LogP contribution in [0.3, 0.4) is 0 Å². The predicted molar refractivity (Wildman–Crippen MR) is 103 cm³/mol. The van der Waals surface area contributed by atoms with Crippen molar-refractivity contribution < 1.29 is 13.2 Å². The number of benzene rings is 2. The van der Waals surface area contributed by atoms with Gasteiger partial charge < -0.3 is 10.1 Å². The SMILES string of the molecule is COc1cc(CNCc2ccc(S(=O)(=O)N(C)C)cc2)ccc1SC. The second-order valence-electron chi connectivity index (χ2n) is 5.72. The Morgan fingerprint density at radius 3 is 2.20 bits per heavy atom. The molecule has 0 aromatic heterocycles. The lowest BCUT2D eigenvalue weighted by Gasteiger charge is -2.12. The van der Waals surface area contributed by atoms with Crippen molar-refractivity contribution in [1.82, 2.24) is 9.62 Å². The van der Waals surface area contributed by atoms with E-state index in [1.54, 1.807) is 31.0 Å². The number of nitrogens with zero attached hydrogens (tertiary/aromatic N) is 1. The Bertz CT molecular complexity index is 804. The number of thioether (sulfide) groups is 1. The molecule has 25 heavy (non-hydrogen) atoms. The monoisotopic (exact) mass is 380 g/mol. The van der Waals surface area contributed by atoms with Crippen LogP contribution in [0.1, 0.15) is 11.1 Å². The summed E-state index contributed by atoms with van der Waals surface area (Å²) in [6.45, 7) is 1.37. The Morgan fingerprint density at radius 2 is 1.64 bits per heavy atom. The fourth-order valence-corrected chi connectivity index (χ4v) is 3.78. The molecule has 136 valence electrons. The van der Waals surface area contributed by atoms with Crippen molar-refractivity contribution in [3.63, 3.8) is 0 Å². The van der Waals surface area contributed by atoms with Crippen molar-refractivity contribution in [3.05, 3.63) is 53.6 Å².